The summed E-state index contributed by atoms with van der Waals surface area (Å²) in [6.07, 6.45) is 5.17. The molecule has 1 saturated carbocycles. The molecule has 1 aromatic carbocycles. The third-order valence-corrected chi connectivity index (χ3v) is 5.12. The first-order valence-electron chi connectivity index (χ1n) is 7.30. The summed E-state index contributed by atoms with van der Waals surface area (Å²) in [7, 11) is -3.44. The molecule has 1 heterocycles. The molecule has 1 aliphatic rings. The Morgan fingerprint density at radius 1 is 1.09 bits per heavy atom. The second kappa shape index (κ2) is 6.42. The molecule has 3 rings (SSSR count). The predicted molar refractivity (Wildman–Crippen MR) is 87.2 cm³/mol. The molecule has 0 atom stereocenters. The number of hydrogen-bond donors (Lipinski definition) is 0. The maximum absolute atomic E-state index is 12.6. The second-order valence-corrected chi connectivity index (χ2v) is 7.13. The fourth-order valence-corrected chi connectivity index (χ4v) is 3.67. The van der Waals surface area contributed by atoms with Gasteiger partial charge in [-0.3, -0.25) is 4.98 Å². The van der Waals surface area contributed by atoms with E-state index in [1.807, 2.05) is 48.5 Å². The average molecular weight is 314 g/mol. The van der Waals surface area contributed by atoms with E-state index in [1.165, 1.54) is 5.41 Å². The Bertz CT molecular complexity index is 739. The van der Waals surface area contributed by atoms with Crippen molar-refractivity contribution in [2.45, 2.75) is 25.4 Å². The topological polar surface area (TPSA) is 50.3 Å². The van der Waals surface area contributed by atoms with Crippen molar-refractivity contribution in [1.82, 2.24) is 9.29 Å². The van der Waals surface area contributed by atoms with Gasteiger partial charge in [-0.25, -0.2) is 8.42 Å². The molecule has 0 N–H and O–H groups in total. The third-order valence-electron chi connectivity index (χ3n) is 3.56. The van der Waals surface area contributed by atoms with Crippen molar-refractivity contribution < 1.29 is 8.42 Å². The Labute approximate surface area is 131 Å². The quantitative estimate of drug-likeness (QED) is 0.823. The molecule has 0 aliphatic heterocycles. The van der Waals surface area contributed by atoms with Gasteiger partial charge in [-0.1, -0.05) is 36.4 Å². The minimum absolute atomic E-state index is 0.104. The number of aromatic nitrogens is 1. The van der Waals surface area contributed by atoms with Crippen LogP contribution in [-0.2, 0) is 16.6 Å². The molecule has 0 radical (unpaired) electrons. The SMILES string of the molecule is O=S(=O)(/C=C/c1ccccc1)N(Cc1ccccn1)C1CC1. The summed E-state index contributed by atoms with van der Waals surface area (Å²) in [4.78, 5) is 4.23. The van der Waals surface area contributed by atoms with Crippen LogP contribution in [0.25, 0.3) is 6.08 Å². The monoisotopic (exact) mass is 314 g/mol. The van der Waals surface area contributed by atoms with E-state index in [0.29, 0.717) is 6.54 Å². The first kappa shape index (κ1) is 14.9. The fraction of sp³-hybridized carbons (Fsp3) is 0.235. The van der Waals surface area contributed by atoms with E-state index in [9.17, 15) is 8.42 Å². The van der Waals surface area contributed by atoms with Crippen LogP contribution in [0.2, 0.25) is 0 Å². The van der Waals surface area contributed by atoms with Crippen LogP contribution >= 0.6 is 0 Å². The maximum atomic E-state index is 12.6. The smallest absolute Gasteiger partial charge is 0.236 e. The molecule has 2 aromatic rings. The van der Waals surface area contributed by atoms with Gasteiger partial charge in [-0.15, -0.1) is 0 Å². The molecule has 0 amide bonds. The van der Waals surface area contributed by atoms with Crippen LogP contribution in [0, 0.1) is 0 Å². The molecule has 0 spiro atoms. The molecule has 0 unspecified atom stereocenters. The highest BCUT2D eigenvalue weighted by molar-refractivity contribution is 7.92. The van der Waals surface area contributed by atoms with Gasteiger partial charge in [-0.05, 0) is 36.6 Å². The summed E-state index contributed by atoms with van der Waals surface area (Å²) in [5, 5.41) is 1.30. The molecule has 114 valence electrons. The van der Waals surface area contributed by atoms with E-state index in [1.54, 1.807) is 16.6 Å². The highest BCUT2D eigenvalue weighted by atomic mass is 32.2. The third kappa shape index (κ3) is 3.81. The van der Waals surface area contributed by atoms with Crippen LogP contribution in [0.1, 0.15) is 24.1 Å². The summed E-state index contributed by atoms with van der Waals surface area (Å²) >= 11 is 0. The van der Waals surface area contributed by atoms with Gasteiger partial charge in [0.1, 0.15) is 0 Å². The minimum atomic E-state index is -3.44. The molecule has 4 nitrogen and oxygen atoms in total. The van der Waals surface area contributed by atoms with Gasteiger partial charge in [0.25, 0.3) is 0 Å². The summed E-state index contributed by atoms with van der Waals surface area (Å²) in [5.41, 5.74) is 1.64. The van der Waals surface area contributed by atoms with Gasteiger partial charge >= 0.3 is 0 Å². The Morgan fingerprint density at radius 2 is 1.82 bits per heavy atom. The fourth-order valence-electron chi connectivity index (χ4n) is 2.25. The minimum Gasteiger partial charge on any atom is -0.260 e. The molecule has 22 heavy (non-hydrogen) atoms. The lowest BCUT2D eigenvalue weighted by molar-refractivity contribution is 0.400. The number of nitrogens with zero attached hydrogens (tertiary/aromatic N) is 2. The number of hydrogen-bond acceptors (Lipinski definition) is 3. The van der Waals surface area contributed by atoms with Crippen molar-refractivity contribution in [3.63, 3.8) is 0 Å². The van der Waals surface area contributed by atoms with E-state index in [4.69, 9.17) is 0 Å². The first-order chi connectivity index (χ1) is 10.6. The zero-order valence-electron chi connectivity index (χ0n) is 12.2. The highest BCUT2D eigenvalue weighted by Gasteiger charge is 2.36. The Balaban J connectivity index is 1.80. The van der Waals surface area contributed by atoms with Crippen molar-refractivity contribution in [2.24, 2.45) is 0 Å². The zero-order valence-corrected chi connectivity index (χ0v) is 13.0. The van der Waals surface area contributed by atoms with Crippen molar-refractivity contribution in [1.29, 1.82) is 0 Å². The van der Waals surface area contributed by atoms with Crippen molar-refractivity contribution >= 4 is 16.1 Å². The lowest BCUT2D eigenvalue weighted by Gasteiger charge is -2.19. The number of benzene rings is 1. The largest absolute Gasteiger partial charge is 0.260 e. The van der Waals surface area contributed by atoms with E-state index in [-0.39, 0.29) is 6.04 Å². The maximum Gasteiger partial charge on any atom is 0.236 e. The second-order valence-electron chi connectivity index (χ2n) is 5.36. The van der Waals surface area contributed by atoms with Gasteiger partial charge in [0.05, 0.1) is 12.2 Å². The van der Waals surface area contributed by atoms with Crippen molar-refractivity contribution in [3.8, 4) is 0 Å². The lowest BCUT2D eigenvalue weighted by atomic mass is 10.2. The standard InChI is InChI=1S/C17H18N2O2S/c20-22(21,13-11-15-6-2-1-3-7-15)19(17-9-10-17)14-16-8-4-5-12-18-16/h1-8,11-13,17H,9-10,14H2/b13-11+. The molecule has 1 fully saturated rings. The first-order valence-corrected chi connectivity index (χ1v) is 8.80. The normalized spacial score (nSPS) is 15.5. The van der Waals surface area contributed by atoms with E-state index < -0.39 is 10.0 Å². The van der Waals surface area contributed by atoms with Crippen LogP contribution in [0.15, 0.2) is 60.1 Å². The van der Waals surface area contributed by atoms with Crippen LogP contribution in [0.4, 0.5) is 0 Å². The molecule has 5 heteroatoms. The number of sulfonamides is 1. The summed E-state index contributed by atoms with van der Waals surface area (Å²) in [6.45, 7) is 0.326. The van der Waals surface area contributed by atoms with Gasteiger partial charge in [-0.2, -0.15) is 4.31 Å². The van der Waals surface area contributed by atoms with E-state index >= 15 is 0 Å². The molecular weight excluding hydrogens is 296 g/mol. The number of rotatable bonds is 6. The summed E-state index contributed by atoms with van der Waals surface area (Å²) in [5.74, 6) is 0. The number of pyridine rings is 1. The highest BCUT2D eigenvalue weighted by Crippen LogP contribution is 2.31. The Kier molecular flexibility index (Phi) is 4.36. The van der Waals surface area contributed by atoms with E-state index in [2.05, 4.69) is 4.98 Å². The van der Waals surface area contributed by atoms with Crippen LogP contribution in [0.3, 0.4) is 0 Å². The van der Waals surface area contributed by atoms with E-state index in [0.717, 1.165) is 24.1 Å². The Morgan fingerprint density at radius 3 is 2.45 bits per heavy atom. The van der Waals surface area contributed by atoms with Gasteiger partial charge in [0, 0.05) is 17.6 Å². The van der Waals surface area contributed by atoms with Gasteiger partial charge in [0.15, 0.2) is 0 Å². The predicted octanol–water partition coefficient (Wildman–Crippen LogP) is 3.05. The molecule has 1 aliphatic carbocycles. The van der Waals surface area contributed by atoms with Crippen LogP contribution in [0.5, 0.6) is 0 Å². The lowest BCUT2D eigenvalue weighted by Crippen LogP contribution is -2.31. The molecule has 0 bridgehead atoms. The molecule has 0 saturated heterocycles. The summed E-state index contributed by atoms with van der Waals surface area (Å²) in [6, 6.07) is 15.1. The molecule has 1 aromatic heterocycles. The van der Waals surface area contributed by atoms with Gasteiger partial charge < -0.3 is 0 Å². The van der Waals surface area contributed by atoms with Crippen LogP contribution < -0.4 is 0 Å². The van der Waals surface area contributed by atoms with Crippen LogP contribution in [-0.4, -0.2) is 23.7 Å². The average Bonchev–Trinajstić information content (AvgIpc) is 3.37. The van der Waals surface area contributed by atoms with Crippen molar-refractivity contribution in [3.05, 3.63) is 71.4 Å². The molecular formula is C17H18N2O2S. The zero-order chi connectivity index (χ0) is 15.4. The summed E-state index contributed by atoms with van der Waals surface area (Å²) < 4.78 is 26.8. The van der Waals surface area contributed by atoms with Crippen molar-refractivity contribution in [2.75, 3.05) is 0 Å². The van der Waals surface area contributed by atoms with Gasteiger partial charge in [0.2, 0.25) is 10.0 Å². The Hall–Kier alpha value is -1.98.